The third-order valence-electron chi connectivity index (χ3n) is 6.50. The van der Waals surface area contributed by atoms with Gasteiger partial charge in [0.05, 0.1) is 10.6 Å². The summed E-state index contributed by atoms with van der Waals surface area (Å²) >= 11 is 0. The highest BCUT2D eigenvalue weighted by atomic mass is 32.2. The molecule has 0 radical (unpaired) electrons. The highest BCUT2D eigenvalue weighted by Crippen LogP contribution is 2.49. The summed E-state index contributed by atoms with van der Waals surface area (Å²) in [7, 11) is -2.54. The fourth-order valence-electron chi connectivity index (χ4n) is 4.02. The van der Waals surface area contributed by atoms with Crippen LogP contribution in [0.25, 0.3) is 33.8 Å². The number of halogens is 6. The molecule has 5 rings (SSSR count). The zero-order valence-electron chi connectivity index (χ0n) is 19.9. The SMILES string of the molecule is CCS(=O)(=O)c1cc(-c2ccc(C3(F)CC3)cc2)cnc1-c1nc2cc(C(F)(F)C(F)(F)F)nnc2n1C. The van der Waals surface area contributed by atoms with Gasteiger partial charge in [0.2, 0.25) is 0 Å². The molecule has 200 valence electrons. The molecule has 1 fully saturated rings. The van der Waals surface area contributed by atoms with E-state index >= 15 is 0 Å². The molecule has 0 atom stereocenters. The van der Waals surface area contributed by atoms with Crippen LogP contribution in [0.2, 0.25) is 0 Å². The summed E-state index contributed by atoms with van der Waals surface area (Å²) in [5.74, 6) is -5.69. The fourth-order valence-corrected chi connectivity index (χ4v) is 5.08. The van der Waals surface area contributed by atoms with Gasteiger partial charge in [0.25, 0.3) is 0 Å². The summed E-state index contributed by atoms with van der Waals surface area (Å²) in [6, 6.07) is 8.39. The van der Waals surface area contributed by atoms with E-state index in [4.69, 9.17) is 0 Å². The maximum Gasteiger partial charge on any atom is 0.459 e. The summed E-state index contributed by atoms with van der Waals surface area (Å²) in [5, 5.41) is 6.52. The van der Waals surface area contributed by atoms with Crippen LogP contribution in [0.4, 0.5) is 26.3 Å². The van der Waals surface area contributed by atoms with Gasteiger partial charge in [-0.3, -0.25) is 4.98 Å². The number of nitrogens with zero attached hydrogens (tertiary/aromatic N) is 5. The number of imidazole rings is 1. The van der Waals surface area contributed by atoms with Crippen LogP contribution in [0, 0.1) is 0 Å². The van der Waals surface area contributed by atoms with Gasteiger partial charge in [-0.1, -0.05) is 31.2 Å². The van der Waals surface area contributed by atoms with Gasteiger partial charge in [0.1, 0.15) is 22.6 Å². The van der Waals surface area contributed by atoms with Crippen molar-refractivity contribution >= 4 is 21.0 Å². The average molecular weight is 556 g/mol. The smallest absolute Gasteiger partial charge is 0.309 e. The lowest BCUT2D eigenvalue weighted by molar-refractivity contribution is -0.291. The van der Waals surface area contributed by atoms with Crippen LogP contribution in [0.3, 0.4) is 0 Å². The first kappa shape index (κ1) is 26.1. The Balaban J connectivity index is 1.63. The van der Waals surface area contributed by atoms with Crippen molar-refractivity contribution in [1.82, 2.24) is 24.7 Å². The standard InChI is InChI=1S/C24H19F6N5O2S/c1-3-38(36,37)17-10-14(13-4-6-15(7-5-13)22(25)8-9-22)12-31-19(17)21-32-16-11-18(23(26,27)24(28,29)30)33-34-20(16)35(21)2/h4-7,10-12H,3,8-9H2,1-2H3. The molecule has 14 heteroatoms. The first-order chi connectivity index (χ1) is 17.7. The zero-order chi connectivity index (χ0) is 27.7. The molecule has 0 saturated heterocycles. The van der Waals surface area contributed by atoms with Gasteiger partial charge in [0, 0.05) is 18.8 Å². The number of fused-ring (bicyclic) bond motifs is 1. The Morgan fingerprint density at radius 1 is 1.00 bits per heavy atom. The molecule has 0 spiro atoms. The molecule has 0 N–H and O–H groups in total. The second-order valence-electron chi connectivity index (χ2n) is 9.02. The quantitative estimate of drug-likeness (QED) is 0.292. The molecule has 0 aliphatic heterocycles. The van der Waals surface area contributed by atoms with Crippen LogP contribution >= 0.6 is 0 Å². The van der Waals surface area contributed by atoms with Crippen LogP contribution in [-0.4, -0.2) is 45.1 Å². The second kappa shape index (κ2) is 8.48. The maximum atomic E-state index is 14.3. The molecule has 0 bridgehead atoms. The van der Waals surface area contributed by atoms with E-state index in [-0.39, 0.29) is 33.3 Å². The van der Waals surface area contributed by atoms with Crippen molar-refractivity contribution in [1.29, 1.82) is 0 Å². The Morgan fingerprint density at radius 3 is 2.24 bits per heavy atom. The van der Waals surface area contributed by atoms with E-state index < -0.39 is 33.3 Å². The Labute approximate surface area is 212 Å². The number of pyridine rings is 1. The van der Waals surface area contributed by atoms with Crippen molar-refractivity contribution < 1.29 is 34.8 Å². The van der Waals surface area contributed by atoms with E-state index in [9.17, 15) is 34.8 Å². The number of hydrogen-bond donors (Lipinski definition) is 0. The summed E-state index contributed by atoms with van der Waals surface area (Å²) in [6.45, 7) is 1.42. The van der Waals surface area contributed by atoms with Crippen LogP contribution in [0.1, 0.15) is 31.0 Å². The molecule has 3 aromatic heterocycles. The number of aromatic nitrogens is 5. The van der Waals surface area contributed by atoms with Gasteiger partial charge in [-0.15, -0.1) is 10.2 Å². The first-order valence-corrected chi connectivity index (χ1v) is 13.0. The third kappa shape index (κ3) is 4.20. The molecular weight excluding hydrogens is 536 g/mol. The number of hydrogen-bond acceptors (Lipinski definition) is 6. The van der Waals surface area contributed by atoms with E-state index in [1.807, 2.05) is 0 Å². The Bertz CT molecular complexity index is 1660. The van der Waals surface area contributed by atoms with Gasteiger partial charge in [0.15, 0.2) is 21.3 Å². The number of benzene rings is 1. The average Bonchev–Trinajstić information content (AvgIpc) is 3.55. The molecule has 0 unspecified atom stereocenters. The molecule has 4 aromatic rings. The van der Waals surface area contributed by atoms with Crippen molar-refractivity contribution in [2.75, 3.05) is 5.75 Å². The predicted molar refractivity (Wildman–Crippen MR) is 125 cm³/mol. The molecule has 1 aliphatic rings. The zero-order valence-corrected chi connectivity index (χ0v) is 20.7. The normalized spacial score (nSPS) is 15.7. The lowest BCUT2D eigenvalue weighted by Gasteiger charge is -2.17. The van der Waals surface area contributed by atoms with E-state index in [0.29, 0.717) is 35.6 Å². The van der Waals surface area contributed by atoms with Crippen molar-refractivity contribution in [2.24, 2.45) is 7.05 Å². The Hall–Kier alpha value is -3.55. The molecule has 1 aliphatic carbocycles. The molecule has 38 heavy (non-hydrogen) atoms. The van der Waals surface area contributed by atoms with Crippen molar-refractivity contribution in [3.63, 3.8) is 0 Å². The maximum absolute atomic E-state index is 14.3. The van der Waals surface area contributed by atoms with Crippen LogP contribution in [0.5, 0.6) is 0 Å². The van der Waals surface area contributed by atoms with Gasteiger partial charge in [-0.05, 0) is 36.1 Å². The topological polar surface area (TPSA) is 90.6 Å². The van der Waals surface area contributed by atoms with E-state index in [1.165, 1.54) is 30.8 Å². The van der Waals surface area contributed by atoms with Crippen LogP contribution in [0.15, 0.2) is 47.5 Å². The van der Waals surface area contributed by atoms with E-state index in [2.05, 4.69) is 20.2 Å². The van der Waals surface area contributed by atoms with E-state index in [1.54, 1.807) is 24.3 Å². The monoisotopic (exact) mass is 555 g/mol. The molecule has 7 nitrogen and oxygen atoms in total. The number of sulfone groups is 1. The third-order valence-corrected chi connectivity index (χ3v) is 8.24. The molecule has 1 saturated carbocycles. The summed E-state index contributed by atoms with van der Waals surface area (Å²) < 4.78 is 108. The first-order valence-electron chi connectivity index (χ1n) is 11.4. The van der Waals surface area contributed by atoms with Gasteiger partial charge < -0.3 is 4.57 Å². The Morgan fingerprint density at radius 2 is 1.66 bits per heavy atom. The van der Waals surface area contributed by atoms with Crippen molar-refractivity contribution in [3.05, 3.63) is 53.9 Å². The predicted octanol–water partition coefficient (Wildman–Crippen LogP) is 5.50. The minimum absolute atomic E-state index is 0.121. The molecular formula is C24H19F6N5O2S. The highest BCUT2D eigenvalue weighted by molar-refractivity contribution is 7.91. The van der Waals surface area contributed by atoms with Crippen molar-refractivity contribution in [2.45, 2.75) is 42.4 Å². The molecule has 0 amide bonds. The highest BCUT2D eigenvalue weighted by Gasteiger charge is 2.60. The van der Waals surface area contributed by atoms with Crippen molar-refractivity contribution in [3.8, 4) is 22.6 Å². The largest absolute Gasteiger partial charge is 0.459 e. The van der Waals surface area contributed by atoms with Crippen LogP contribution < -0.4 is 0 Å². The Kier molecular flexibility index (Phi) is 5.82. The van der Waals surface area contributed by atoms with E-state index in [0.717, 1.165) is 0 Å². The minimum atomic E-state index is -5.89. The van der Waals surface area contributed by atoms with Gasteiger partial charge in [-0.25, -0.2) is 17.8 Å². The fraction of sp³-hybridized carbons (Fsp3) is 0.333. The lowest BCUT2D eigenvalue weighted by Crippen LogP contribution is -2.34. The summed E-state index contributed by atoms with van der Waals surface area (Å²) in [5.41, 5.74) is -2.08. The number of alkyl halides is 6. The molecule has 1 aromatic carbocycles. The lowest BCUT2D eigenvalue weighted by atomic mass is 10.0. The summed E-state index contributed by atoms with van der Waals surface area (Å²) in [6.07, 6.45) is -3.64. The second-order valence-corrected chi connectivity index (χ2v) is 11.3. The number of aryl methyl sites for hydroxylation is 1. The van der Waals surface area contributed by atoms with Gasteiger partial charge >= 0.3 is 12.1 Å². The van der Waals surface area contributed by atoms with Gasteiger partial charge in [-0.2, -0.15) is 22.0 Å². The molecule has 3 heterocycles. The summed E-state index contributed by atoms with van der Waals surface area (Å²) in [4.78, 5) is 8.14. The van der Waals surface area contributed by atoms with Crippen LogP contribution in [-0.2, 0) is 28.5 Å². The number of rotatable bonds is 6. The minimum Gasteiger partial charge on any atom is -0.309 e.